The quantitative estimate of drug-likeness (QED) is 0.875. The van der Waals surface area contributed by atoms with E-state index in [-0.39, 0.29) is 0 Å². The number of methoxy groups -OCH3 is 1. The fraction of sp³-hybridized carbons (Fsp3) is 0.429. The maximum atomic E-state index is 5.34. The highest BCUT2D eigenvalue weighted by Crippen LogP contribution is 2.32. The smallest absolute Gasteiger partial charge is 0.239 e. The van der Waals surface area contributed by atoms with Gasteiger partial charge in [0.1, 0.15) is 5.69 Å². The van der Waals surface area contributed by atoms with Gasteiger partial charge in [0.25, 0.3) is 0 Å². The first-order chi connectivity index (χ1) is 9.54. The molecule has 2 aromatic rings. The predicted octanol–water partition coefficient (Wildman–Crippen LogP) is 2.11. The van der Waals surface area contributed by atoms with Crippen molar-refractivity contribution in [1.82, 2.24) is 15.2 Å². The molecule has 0 saturated heterocycles. The third-order valence-corrected chi connectivity index (χ3v) is 3.29. The van der Waals surface area contributed by atoms with Gasteiger partial charge in [0.15, 0.2) is 0 Å². The summed E-state index contributed by atoms with van der Waals surface area (Å²) in [6, 6.07) is 1.96. The lowest BCUT2D eigenvalue weighted by atomic mass is 10.2. The van der Waals surface area contributed by atoms with E-state index >= 15 is 0 Å². The summed E-state index contributed by atoms with van der Waals surface area (Å²) in [5.74, 6) is 0.593. The minimum atomic E-state index is 0.593. The molecule has 0 aromatic carbocycles. The molecule has 0 saturated carbocycles. The Kier molecular flexibility index (Phi) is 4.12. The highest BCUT2D eigenvalue weighted by molar-refractivity contribution is 5.74. The molecule has 0 spiro atoms. The van der Waals surface area contributed by atoms with Crippen molar-refractivity contribution in [1.29, 1.82) is 0 Å². The van der Waals surface area contributed by atoms with Crippen LogP contribution in [0.5, 0.6) is 5.88 Å². The number of nitrogens with one attached hydrogen (secondary N) is 2. The number of pyridine rings is 1. The molecular formula is C14H21N5O. The minimum absolute atomic E-state index is 0.593. The molecule has 0 aliphatic carbocycles. The number of ether oxygens (including phenoxy) is 1. The summed E-state index contributed by atoms with van der Waals surface area (Å²) in [5.41, 5.74) is 5.17. The second-order valence-electron chi connectivity index (χ2n) is 4.87. The fourth-order valence-corrected chi connectivity index (χ4v) is 2.14. The van der Waals surface area contributed by atoms with Crippen LogP contribution in [0.15, 0.2) is 12.3 Å². The van der Waals surface area contributed by atoms with Gasteiger partial charge in [-0.1, -0.05) is 0 Å². The summed E-state index contributed by atoms with van der Waals surface area (Å²) in [7, 11) is 5.61. The first-order valence-corrected chi connectivity index (χ1v) is 6.49. The average molecular weight is 275 g/mol. The van der Waals surface area contributed by atoms with Crippen molar-refractivity contribution in [2.75, 3.05) is 31.4 Å². The Balaban J connectivity index is 2.28. The molecule has 6 nitrogen and oxygen atoms in total. The van der Waals surface area contributed by atoms with E-state index in [1.54, 1.807) is 13.3 Å². The van der Waals surface area contributed by atoms with E-state index < -0.39 is 0 Å². The van der Waals surface area contributed by atoms with Crippen LogP contribution in [0.4, 0.5) is 11.4 Å². The normalized spacial score (nSPS) is 10.4. The van der Waals surface area contributed by atoms with Crippen LogP contribution >= 0.6 is 0 Å². The highest BCUT2D eigenvalue weighted by atomic mass is 16.5. The lowest BCUT2D eigenvalue weighted by Gasteiger charge is -2.20. The zero-order valence-corrected chi connectivity index (χ0v) is 12.6. The first-order valence-electron chi connectivity index (χ1n) is 6.49. The van der Waals surface area contributed by atoms with Crippen molar-refractivity contribution < 1.29 is 4.74 Å². The molecule has 0 atom stereocenters. The summed E-state index contributed by atoms with van der Waals surface area (Å²) in [6.45, 7) is 4.69. The molecule has 0 aliphatic rings. The molecule has 0 unspecified atom stereocenters. The molecule has 2 heterocycles. The van der Waals surface area contributed by atoms with E-state index in [0.29, 0.717) is 12.4 Å². The average Bonchev–Trinajstić information content (AvgIpc) is 2.75. The van der Waals surface area contributed by atoms with Crippen molar-refractivity contribution >= 4 is 11.4 Å². The molecule has 2 rings (SSSR count). The molecule has 20 heavy (non-hydrogen) atoms. The number of nitrogens with zero attached hydrogens (tertiary/aromatic N) is 3. The third kappa shape index (κ3) is 2.68. The van der Waals surface area contributed by atoms with Crippen LogP contribution in [-0.2, 0) is 6.54 Å². The number of aromatic nitrogens is 3. The van der Waals surface area contributed by atoms with Crippen molar-refractivity contribution in [3.8, 4) is 5.88 Å². The fourth-order valence-electron chi connectivity index (χ4n) is 2.14. The van der Waals surface area contributed by atoms with Crippen LogP contribution in [0, 0.1) is 13.8 Å². The van der Waals surface area contributed by atoms with Crippen LogP contribution in [0.1, 0.15) is 17.0 Å². The standard InChI is InChI=1S/C14H21N5O/c1-9-11(10(2)18-17-9)8-16-13-12(19(3)4)6-7-15-14(13)20-5/h6-7,16H,8H2,1-5H3,(H,17,18). The molecule has 0 radical (unpaired) electrons. The molecule has 0 aliphatic heterocycles. The number of anilines is 2. The van der Waals surface area contributed by atoms with E-state index in [4.69, 9.17) is 4.74 Å². The van der Waals surface area contributed by atoms with E-state index in [2.05, 4.69) is 20.5 Å². The van der Waals surface area contributed by atoms with Gasteiger partial charge in [-0.25, -0.2) is 4.98 Å². The second kappa shape index (κ2) is 5.81. The van der Waals surface area contributed by atoms with E-state index in [1.165, 1.54) is 5.56 Å². The number of aromatic amines is 1. The van der Waals surface area contributed by atoms with Crippen molar-refractivity contribution in [2.45, 2.75) is 20.4 Å². The Morgan fingerprint density at radius 3 is 2.65 bits per heavy atom. The van der Waals surface area contributed by atoms with Gasteiger partial charge in [-0.3, -0.25) is 5.10 Å². The Morgan fingerprint density at radius 1 is 1.35 bits per heavy atom. The number of aryl methyl sites for hydroxylation is 2. The SMILES string of the molecule is COc1nccc(N(C)C)c1NCc1c(C)n[nH]c1C. The van der Waals surface area contributed by atoms with Gasteiger partial charge in [0.2, 0.25) is 5.88 Å². The van der Waals surface area contributed by atoms with Crippen molar-refractivity contribution in [3.63, 3.8) is 0 Å². The van der Waals surface area contributed by atoms with Gasteiger partial charge in [-0.05, 0) is 19.9 Å². The second-order valence-corrected chi connectivity index (χ2v) is 4.87. The monoisotopic (exact) mass is 275 g/mol. The summed E-state index contributed by atoms with van der Waals surface area (Å²) >= 11 is 0. The maximum absolute atomic E-state index is 5.34. The van der Waals surface area contributed by atoms with Crippen molar-refractivity contribution in [3.05, 3.63) is 29.2 Å². The molecule has 0 amide bonds. The summed E-state index contributed by atoms with van der Waals surface area (Å²) in [5, 5.41) is 10.6. The van der Waals surface area contributed by atoms with Crippen molar-refractivity contribution in [2.24, 2.45) is 0 Å². The van der Waals surface area contributed by atoms with Crippen LogP contribution in [-0.4, -0.2) is 36.4 Å². The molecule has 0 fully saturated rings. The number of hydrogen-bond donors (Lipinski definition) is 2. The highest BCUT2D eigenvalue weighted by Gasteiger charge is 2.13. The van der Waals surface area contributed by atoms with Crippen LogP contribution in [0.2, 0.25) is 0 Å². The third-order valence-electron chi connectivity index (χ3n) is 3.29. The number of H-pyrrole nitrogens is 1. The largest absolute Gasteiger partial charge is 0.479 e. The zero-order valence-electron chi connectivity index (χ0n) is 12.6. The predicted molar refractivity (Wildman–Crippen MR) is 80.5 cm³/mol. The van der Waals surface area contributed by atoms with Gasteiger partial charge < -0.3 is 15.0 Å². The Morgan fingerprint density at radius 2 is 2.10 bits per heavy atom. The Hall–Kier alpha value is -2.24. The van der Waals surface area contributed by atoms with Gasteiger partial charge in [0.05, 0.1) is 18.5 Å². The zero-order chi connectivity index (χ0) is 14.7. The van der Waals surface area contributed by atoms with E-state index in [9.17, 15) is 0 Å². The summed E-state index contributed by atoms with van der Waals surface area (Å²) < 4.78 is 5.34. The number of hydrogen-bond acceptors (Lipinski definition) is 5. The van der Waals surface area contributed by atoms with Gasteiger partial charge in [-0.15, -0.1) is 0 Å². The van der Waals surface area contributed by atoms with Gasteiger partial charge in [-0.2, -0.15) is 5.10 Å². The topological polar surface area (TPSA) is 66.1 Å². The Bertz CT molecular complexity index is 572. The lowest BCUT2D eigenvalue weighted by molar-refractivity contribution is 0.400. The molecule has 6 heteroatoms. The maximum Gasteiger partial charge on any atom is 0.239 e. The summed E-state index contributed by atoms with van der Waals surface area (Å²) in [6.07, 6.45) is 1.74. The number of rotatable bonds is 5. The molecule has 108 valence electrons. The molecule has 2 aromatic heterocycles. The van der Waals surface area contributed by atoms with E-state index in [0.717, 1.165) is 22.8 Å². The molecular weight excluding hydrogens is 254 g/mol. The summed E-state index contributed by atoms with van der Waals surface area (Å²) in [4.78, 5) is 6.28. The van der Waals surface area contributed by atoms with Gasteiger partial charge in [0, 0.05) is 38.1 Å². The van der Waals surface area contributed by atoms with Crippen LogP contribution in [0.25, 0.3) is 0 Å². The van der Waals surface area contributed by atoms with Gasteiger partial charge >= 0.3 is 0 Å². The minimum Gasteiger partial charge on any atom is -0.479 e. The van der Waals surface area contributed by atoms with E-state index in [1.807, 2.05) is 38.9 Å². The Labute approximate surface area is 119 Å². The van der Waals surface area contributed by atoms with Crippen LogP contribution in [0.3, 0.4) is 0 Å². The van der Waals surface area contributed by atoms with Crippen LogP contribution < -0.4 is 15.0 Å². The molecule has 2 N–H and O–H groups in total. The lowest BCUT2D eigenvalue weighted by Crippen LogP contribution is -2.14. The first kappa shape index (κ1) is 14.2. The molecule has 0 bridgehead atoms.